The van der Waals surface area contributed by atoms with E-state index in [9.17, 15) is 20.1 Å². The molecule has 0 spiro atoms. The highest BCUT2D eigenvalue weighted by Crippen LogP contribution is 2.56. The fraction of sp³-hybridized carbons (Fsp3) is 0.750. The summed E-state index contributed by atoms with van der Waals surface area (Å²) < 4.78 is 5.40. The highest BCUT2D eigenvalue weighted by molar-refractivity contribution is 5.66. The Hall–Kier alpha value is -1.50. The molecule has 0 aliphatic heterocycles. The zero-order valence-electron chi connectivity index (χ0n) is 18.5. The molecule has 6 atom stereocenters. The molecule has 6 heteroatoms. The van der Waals surface area contributed by atoms with Crippen molar-refractivity contribution in [3.63, 3.8) is 0 Å². The number of aliphatic hydroxyl groups excluding tert-OH is 2. The number of hydrogen-bond acceptors (Lipinski definition) is 6. The molecule has 2 saturated carbocycles. The van der Waals surface area contributed by atoms with Gasteiger partial charge in [-0.25, -0.2) is 0 Å². The molecule has 1 aromatic rings. The smallest absolute Gasteiger partial charge is 0.302 e. The number of pyridine rings is 1. The summed E-state index contributed by atoms with van der Waals surface area (Å²) in [6.07, 6.45) is 6.63. The maximum absolute atomic E-state index is 11.3. The van der Waals surface area contributed by atoms with Gasteiger partial charge in [-0.2, -0.15) is 0 Å². The van der Waals surface area contributed by atoms with Crippen LogP contribution >= 0.6 is 0 Å². The summed E-state index contributed by atoms with van der Waals surface area (Å²) in [5, 5.41) is 31.7. The molecule has 0 aromatic carbocycles. The zero-order valence-corrected chi connectivity index (χ0v) is 18.5. The predicted molar refractivity (Wildman–Crippen MR) is 113 cm³/mol. The van der Waals surface area contributed by atoms with Crippen LogP contribution in [0.4, 0.5) is 0 Å². The molecule has 1 aromatic heterocycles. The van der Waals surface area contributed by atoms with E-state index < -0.39 is 5.60 Å². The fourth-order valence-electron chi connectivity index (χ4n) is 5.96. The first kappa shape index (κ1) is 23.2. The largest absolute Gasteiger partial charge is 0.463 e. The van der Waals surface area contributed by atoms with Gasteiger partial charge >= 0.3 is 5.97 Å². The van der Waals surface area contributed by atoms with Crippen LogP contribution in [-0.4, -0.2) is 45.6 Å². The Kier molecular flexibility index (Phi) is 6.90. The summed E-state index contributed by atoms with van der Waals surface area (Å²) in [6.45, 7) is 5.87. The third-order valence-corrected chi connectivity index (χ3v) is 7.99. The molecule has 2 aliphatic carbocycles. The Morgan fingerprint density at radius 3 is 2.63 bits per heavy atom. The van der Waals surface area contributed by atoms with E-state index in [4.69, 9.17) is 4.74 Å². The van der Waals surface area contributed by atoms with Gasteiger partial charge in [0.05, 0.1) is 5.69 Å². The number of rotatable bonds is 7. The fourth-order valence-corrected chi connectivity index (χ4v) is 5.96. The standard InChI is InChI=1S/C24H37NO5/c1-17(28)30-20-7-8-22(2,18(12-20)14-26)13-19(15-27)23(3)9-10-24(29,16-23)21-6-4-5-11-25-21/h4-6,11,18-20,26-27,29H,7-10,12-16H2,1-3H3/t18-,19+,20+,22?,23-,24+/m1/s1. The van der Waals surface area contributed by atoms with Crippen LogP contribution in [0.15, 0.2) is 24.4 Å². The van der Waals surface area contributed by atoms with Crippen molar-refractivity contribution >= 4 is 5.97 Å². The quantitative estimate of drug-likeness (QED) is 0.587. The normalized spacial score (nSPS) is 37.7. The summed E-state index contributed by atoms with van der Waals surface area (Å²) in [5.74, 6) is -0.246. The van der Waals surface area contributed by atoms with Crippen LogP contribution in [0.3, 0.4) is 0 Å². The van der Waals surface area contributed by atoms with Crippen molar-refractivity contribution in [3.8, 4) is 0 Å². The lowest BCUT2D eigenvalue weighted by Crippen LogP contribution is -2.43. The average molecular weight is 420 g/mol. The second-order valence-corrected chi connectivity index (χ2v) is 10.2. The van der Waals surface area contributed by atoms with Crippen molar-refractivity contribution in [2.24, 2.45) is 22.7 Å². The molecular formula is C24H37NO5. The van der Waals surface area contributed by atoms with Crippen molar-refractivity contribution in [2.45, 2.75) is 77.4 Å². The monoisotopic (exact) mass is 419 g/mol. The van der Waals surface area contributed by atoms with Gasteiger partial charge in [-0.1, -0.05) is 19.9 Å². The number of aliphatic hydroxyl groups is 3. The van der Waals surface area contributed by atoms with E-state index in [1.807, 2.05) is 18.2 Å². The maximum Gasteiger partial charge on any atom is 0.302 e. The minimum Gasteiger partial charge on any atom is -0.463 e. The van der Waals surface area contributed by atoms with Crippen molar-refractivity contribution < 1.29 is 24.9 Å². The van der Waals surface area contributed by atoms with E-state index in [2.05, 4.69) is 18.8 Å². The molecule has 168 valence electrons. The molecule has 3 rings (SSSR count). The molecule has 0 amide bonds. The molecule has 30 heavy (non-hydrogen) atoms. The van der Waals surface area contributed by atoms with Crippen LogP contribution in [0.1, 0.15) is 71.4 Å². The lowest BCUT2D eigenvalue weighted by Gasteiger charge is -2.47. The summed E-state index contributed by atoms with van der Waals surface area (Å²) in [7, 11) is 0. The SMILES string of the molecule is CC(=O)O[C@H]1CCC(C)(C[C@@H](CO)[C@]2(C)CC[C@@](O)(c3ccccn3)C2)[C@@H](CO)C1. The summed E-state index contributed by atoms with van der Waals surface area (Å²) >= 11 is 0. The van der Waals surface area contributed by atoms with E-state index >= 15 is 0 Å². The average Bonchev–Trinajstić information content (AvgIpc) is 3.05. The van der Waals surface area contributed by atoms with Crippen molar-refractivity contribution in [2.75, 3.05) is 13.2 Å². The van der Waals surface area contributed by atoms with E-state index in [-0.39, 0.29) is 48.0 Å². The van der Waals surface area contributed by atoms with Gasteiger partial charge in [0, 0.05) is 26.3 Å². The summed E-state index contributed by atoms with van der Waals surface area (Å²) in [6, 6.07) is 5.62. The Bertz CT molecular complexity index is 728. The van der Waals surface area contributed by atoms with Gasteiger partial charge in [-0.05, 0) is 79.7 Å². The molecule has 0 bridgehead atoms. The van der Waals surface area contributed by atoms with Gasteiger partial charge < -0.3 is 20.1 Å². The Morgan fingerprint density at radius 1 is 1.27 bits per heavy atom. The second kappa shape index (κ2) is 8.93. The Morgan fingerprint density at radius 2 is 2.03 bits per heavy atom. The van der Waals surface area contributed by atoms with E-state index in [1.165, 1.54) is 6.92 Å². The number of esters is 1. The summed E-state index contributed by atoms with van der Waals surface area (Å²) in [4.78, 5) is 15.7. The predicted octanol–water partition coefficient (Wildman–Crippen LogP) is 3.19. The Balaban J connectivity index is 1.73. The minimum absolute atomic E-state index is 0.0135. The van der Waals surface area contributed by atoms with E-state index in [0.29, 0.717) is 25.0 Å². The van der Waals surface area contributed by atoms with Crippen molar-refractivity contribution in [1.29, 1.82) is 0 Å². The lowest BCUT2D eigenvalue weighted by atomic mass is 9.59. The number of carbonyl (C=O) groups is 1. The van der Waals surface area contributed by atoms with Gasteiger partial charge in [-0.15, -0.1) is 0 Å². The zero-order chi connectivity index (χ0) is 22.0. The highest BCUT2D eigenvalue weighted by atomic mass is 16.5. The van der Waals surface area contributed by atoms with Crippen molar-refractivity contribution in [1.82, 2.24) is 4.98 Å². The van der Waals surface area contributed by atoms with Gasteiger partial charge in [0.25, 0.3) is 0 Å². The third-order valence-electron chi connectivity index (χ3n) is 7.99. The van der Waals surface area contributed by atoms with E-state index in [0.717, 1.165) is 25.7 Å². The summed E-state index contributed by atoms with van der Waals surface area (Å²) in [5.41, 5.74) is -0.621. The molecule has 1 unspecified atom stereocenters. The Labute approximate surface area is 179 Å². The molecule has 1 heterocycles. The van der Waals surface area contributed by atoms with Crippen LogP contribution in [0, 0.1) is 22.7 Å². The highest BCUT2D eigenvalue weighted by Gasteiger charge is 2.52. The third kappa shape index (κ3) is 4.71. The van der Waals surface area contributed by atoms with Gasteiger partial charge in [0.1, 0.15) is 11.7 Å². The molecular weight excluding hydrogens is 382 g/mol. The van der Waals surface area contributed by atoms with Gasteiger partial charge in [-0.3, -0.25) is 9.78 Å². The van der Waals surface area contributed by atoms with Crippen LogP contribution in [-0.2, 0) is 15.1 Å². The first-order chi connectivity index (χ1) is 14.1. The molecule has 0 saturated heterocycles. The first-order valence-corrected chi connectivity index (χ1v) is 11.2. The number of hydrogen-bond donors (Lipinski definition) is 3. The minimum atomic E-state index is -0.965. The number of aromatic nitrogens is 1. The maximum atomic E-state index is 11.3. The van der Waals surface area contributed by atoms with Crippen LogP contribution in [0.5, 0.6) is 0 Å². The van der Waals surface area contributed by atoms with Crippen molar-refractivity contribution in [3.05, 3.63) is 30.1 Å². The van der Waals surface area contributed by atoms with Crippen LogP contribution < -0.4 is 0 Å². The molecule has 0 radical (unpaired) electrons. The van der Waals surface area contributed by atoms with Crippen LogP contribution in [0.25, 0.3) is 0 Å². The molecule has 3 N–H and O–H groups in total. The van der Waals surface area contributed by atoms with Gasteiger partial charge in [0.2, 0.25) is 0 Å². The van der Waals surface area contributed by atoms with Gasteiger partial charge in [0.15, 0.2) is 0 Å². The molecule has 2 fully saturated rings. The second-order valence-electron chi connectivity index (χ2n) is 10.2. The number of ether oxygens (including phenoxy) is 1. The van der Waals surface area contributed by atoms with E-state index in [1.54, 1.807) is 6.20 Å². The molecule has 6 nitrogen and oxygen atoms in total. The lowest BCUT2D eigenvalue weighted by molar-refractivity contribution is -0.152. The number of nitrogens with zero attached hydrogens (tertiary/aromatic N) is 1. The van der Waals surface area contributed by atoms with Crippen LogP contribution in [0.2, 0.25) is 0 Å². The number of carbonyl (C=O) groups excluding carboxylic acids is 1. The topological polar surface area (TPSA) is 99.9 Å². The first-order valence-electron chi connectivity index (χ1n) is 11.2. The molecule has 2 aliphatic rings.